The van der Waals surface area contributed by atoms with E-state index >= 15 is 0 Å². The van der Waals surface area contributed by atoms with Gasteiger partial charge in [-0.1, -0.05) is 0 Å². The van der Waals surface area contributed by atoms with Crippen LogP contribution in [0.15, 0.2) is 0 Å². The average Bonchev–Trinajstić information content (AvgIpc) is 1.35. The molecule has 5 N–H and O–H groups in total. The Kier molecular flexibility index (Phi) is 6.09. The molecule has 0 unspecified atom stereocenters. The summed E-state index contributed by atoms with van der Waals surface area (Å²) in [4.78, 5) is 9.18. The minimum atomic E-state index is -0.681. The minimum Gasteiger partial charge on any atom is -0.344 e. The lowest BCUT2D eigenvalue weighted by molar-refractivity contribution is -0.825. The van der Waals surface area contributed by atoms with E-state index in [1.807, 2.05) is 0 Å². The highest BCUT2D eigenvalue weighted by molar-refractivity contribution is 4.50. The van der Waals surface area contributed by atoms with E-state index in [9.17, 15) is 4.91 Å². The summed E-state index contributed by atoms with van der Waals surface area (Å²) in [6.07, 6.45) is 1.18. The number of nitriles is 1. The van der Waals surface area contributed by atoms with Crippen molar-refractivity contribution in [1.29, 1.82) is 5.26 Å². The molecule has 0 fully saturated rings. The van der Waals surface area contributed by atoms with Gasteiger partial charge in [-0.05, 0) is 0 Å². The van der Waals surface area contributed by atoms with Crippen LogP contribution in [0.3, 0.4) is 0 Å². The van der Waals surface area contributed by atoms with Crippen LogP contribution in [0.2, 0.25) is 0 Å². The summed E-state index contributed by atoms with van der Waals surface area (Å²) in [7, 11) is 0. The molecule has 0 aromatic carbocycles. The van der Waals surface area contributed by atoms with E-state index in [-0.39, 0.29) is 6.15 Å². The van der Waals surface area contributed by atoms with Gasteiger partial charge in [0.15, 0.2) is 0 Å². The molecule has 0 aromatic rings. The molecule has 0 heterocycles. The molecular formula is CH5N4O2+. The molecule has 0 spiro atoms. The van der Waals surface area contributed by atoms with E-state index in [1.54, 1.807) is 0 Å². The maximum absolute atomic E-state index is 9.18. The van der Waals surface area contributed by atoms with Crippen molar-refractivity contribution in [3.05, 3.63) is 4.91 Å². The Morgan fingerprint density at radius 3 is 2.29 bits per heavy atom. The van der Waals surface area contributed by atoms with Crippen molar-refractivity contribution in [2.24, 2.45) is 0 Å². The van der Waals surface area contributed by atoms with Crippen LogP contribution in [-0.2, 0) is 0 Å². The first kappa shape index (κ1) is 9.17. The first-order valence-corrected chi connectivity index (χ1v) is 1.08. The van der Waals surface area contributed by atoms with Crippen LogP contribution in [0.4, 0.5) is 0 Å². The van der Waals surface area contributed by atoms with Gasteiger partial charge in [-0.2, -0.15) is 5.26 Å². The first-order valence-electron chi connectivity index (χ1n) is 1.08. The first-order chi connectivity index (χ1) is 2.77. The SMILES string of the molecule is N.N#CN[N+](=O)O. The Labute approximate surface area is 39.4 Å². The Morgan fingerprint density at radius 2 is 2.29 bits per heavy atom. The lowest BCUT2D eigenvalue weighted by atomic mass is 11.4. The molecule has 0 aliphatic carbocycles. The largest absolute Gasteiger partial charge is 0.369 e. The Hall–Kier alpha value is -1.35. The van der Waals surface area contributed by atoms with E-state index < -0.39 is 5.03 Å². The zero-order chi connectivity index (χ0) is 4.99. The number of nitrogens with one attached hydrogen (secondary N) is 1. The normalized spacial score (nSPS) is 5.00. The highest BCUT2D eigenvalue weighted by Gasteiger charge is 1.92. The van der Waals surface area contributed by atoms with Gasteiger partial charge in [0.2, 0.25) is 6.19 Å². The molecule has 6 nitrogen and oxygen atoms in total. The third-order valence-electron chi connectivity index (χ3n) is 0.146. The molecule has 0 saturated carbocycles. The number of hydrogen-bond acceptors (Lipinski definition) is 3. The molecule has 0 saturated heterocycles. The molecule has 0 aliphatic heterocycles. The summed E-state index contributed by atoms with van der Waals surface area (Å²) in [5.41, 5.74) is 1.35. The molecule has 0 bridgehead atoms. The molecule has 0 atom stereocenters. The second-order valence-corrected chi connectivity index (χ2v) is 0.497. The van der Waals surface area contributed by atoms with Gasteiger partial charge in [0.25, 0.3) is 0 Å². The van der Waals surface area contributed by atoms with Gasteiger partial charge in [-0.3, -0.25) is 0 Å². The molecule has 0 aliphatic rings. The molecule has 40 valence electrons. The van der Waals surface area contributed by atoms with E-state index in [1.165, 1.54) is 11.6 Å². The zero-order valence-corrected chi connectivity index (χ0v) is 3.46. The third kappa shape index (κ3) is 12.0. The lowest BCUT2D eigenvalue weighted by Crippen LogP contribution is -2.16. The monoisotopic (exact) mass is 105 g/mol. The predicted octanol–water partition coefficient (Wildman–Crippen LogP) is -0.698. The smallest absolute Gasteiger partial charge is 0.344 e. The van der Waals surface area contributed by atoms with Crippen molar-refractivity contribution < 1.29 is 10.2 Å². The van der Waals surface area contributed by atoms with Crippen molar-refractivity contribution in [1.82, 2.24) is 11.6 Å². The van der Waals surface area contributed by atoms with Crippen molar-refractivity contribution >= 4 is 0 Å². The van der Waals surface area contributed by atoms with Crippen molar-refractivity contribution in [3.8, 4) is 6.19 Å². The summed E-state index contributed by atoms with van der Waals surface area (Å²) in [5, 5.41) is 14.3. The summed E-state index contributed by atoms with van der Waals surface area (Å²) in [6, 6.07) is 0. The van der Waals surface area contributed by atoms with Gasteiger partial charge in [0.05, 0.1) is 0 Å². The van der Waals surface area contributed by atoms with Crippen LogP contribution in [-0.4, -0.2) is 10.2 Å². The van der Waals surface area contributed by atoms with Crippen LogP contribution in [0.25, 0.3) is 0 Å². The van der Waals surface area contributed by atoms with Crippen LogP contribution in [0.5, 0.6) is 0 Å². The van der Waals surface area contributed by atoms with Gasteiger partial charge >= 0.3 is 5.03 Å². The highest BCUT2D eigenvalue weighted by Crippen LogP contribution is 1.41. The standard InChI is InChI=1S/CH2N3O2.H3N/c2-1-3-4(5)6;/h3H,(H,5,6);1H3/q+1;. The van der Waals surface area contributed by atoms with Crippen molar-refractivity contribution in [2.75, 3.05) is 0 Å². The summed E-state index contributed by atoms with van der Waals surface area (Å²) >= 11 is 0. The van der Waals surface area contributed by atoms with E-state index in [0.717, 1.165) is 0 Å². The van der Waals surface area contributed by atoms with E-state index in [0.29, 0.717) is 0 Å². The van der Waals surface area contributed by atoms with E-state index in [2.05, 4.69) is 0 Å². The predicted molar refractivity (Wildman–Crippen MR) is 19.2 cm³/mol. The quantitative estimate of drug-likeness (QED) is 0.232. The molecule has 0 rings (SSSR count). The molecule has 0 aromatic heterocycles. The molecular weight excluding hydrogens is 100 g/mol. The van der Waals surface area contributed by atoms with Gasteiger partial charge in [0.1, 0.15) is 4.91 Å². The minimum absolute atomic E-state index is 0. The fraction of sp³-hybridized carbons (Fsp3) is 0. The maximum atomic E-state index is 9.18. The van der Waals surface area contributed by atoms with Gasteiger partial charge in [0, 0.05) is 5.43 Å². The maximum Gasteiger partial charge on any atom is 0.369 e. The Balaban J connectivity index is 0. The summed E-state index contributed by atoms with van der Waals surface area (Å²) in [6.45, 7) is 0. The average molecular weight is 105 g/mol. The van der Waals surface area contributed by atoms with Crippen LogP contribution in [0.1, 0.15) is 0 Å². The third-order valence-corrected chi connectivity index (χ3v) is 0.146. The highest BCUT2D eigenvalue weighted by atomic mass is 16.7. The topological polar surface area (TPSA) is 111 Å². The Morgan fingerprint density at radius 1 is 1.86 bits per heavy atom. The van der Waals surface area contributed by atoms with Gasteiger partial charge < -0.3 is 6.15 Å². The number of nitrogens with zero attached hydrogens (tertiary/aromatic N) is 2. The second-order valence-electron chi connectivity index (χ2n) is 0.497. The van der Waals surface area contributed by atoms with Gasteiger partial charge in [-0.15, -0.1) is 0 Å². The lowest BCUT2D eigenvalue weighted by Gasteiger charge is -1.62. The second kappa shape index (κ2) is 4.65. The van der Waals surface area contributed by atoms with Crippen molar-refractivity contribution in [2.45, 2.75) is 0 Å². The number of hydrogen-bond donors (Lipinski definition) is 3. The van der Waals surface area contributed by atoms with Crippen molar-refractivity contribution in [3.63, 3.8) is 0 Å². The summed E-state index contributed by atoms with van der Waals surface area (Å²) < 4.78 is 0. The molecule has 0 radical (unpaired) electrons. The van der Waals surface area contributed by atoms with Crippen LogP contribution < -0.4 is 11.6 Å². The number of rotatable bonds is 1. The fourth-order valence-electron chi connectivity index (χ4n) is 0.0428. The number of hydrazine groups is 1. The molecule has 7 heavy (non-hydrogen) atoms. The summed E-state index contributed by atoms with van der Waals surface area (Å²) in [5.74, 6) is 0. The van der Waals surface area contributed by atoms with Gasteiger partial charge in [-0.25, -0.2) is 5.21 Å². The van der Waals surface area contributed by atoms with Crippen LogP contribution >= 0.6 is 0 Å². The van der Waals surface area contributed by atoms with Crippen LogP contribution in [0, 0.1) is 16.4 Å². The molecule has 6 heteroatoms. The zero-order valence-electron chi connectivity index (χ0n) is 3.46. The van der Waals surface area contributed by atoms with E-state index in [4.69, 9.17) is 10.5 Å². The Bertz CT molecular complexity index is 92.4. The molecule has 0 amide bonds. The fourth-order valence-corrected chi connectivity index (χ4v) is 0.0428.